The van der Waals surface area contributed by atoms with Crippen LogP contribution >= 0.6 is 22.9 Å². The fourth-order valence-electron chi connectivity index (χ4n) is 2.59. The van der Waals surface area contributed by atoms with Crippen molar-refractivity contribution in [3.05, 3.63) is 64.7 Å². The molecule has 0 amide bonds. The molecule has 0 atom stereocenters. The third-order valence-electron chi connectivity index (χ3n) is 4.02. The predicted octanol–water partition coefficient (Wildman–Crippen LogP) is 4.89. The van der Waals surface area contributed by atoms with E-state index in [-0.39, 0.29) is 27.4 Å². The molecule has 4 rings (SSSR count). The number of hydrogen-bond donors (Lipinski definition) is 1. The molecule has 1 N–H and O–H groups in total. The zero-order valence-corrected chi connectivity index (χ0v) is 17.6. The maximum Gasteiger partial charge on any atom is 0.263 e. The number of anilines is 1. The minimum atomic E-state index is -4.00. The molecule has 12 heteroatoms. The van der Waals surface area contributed by atoms with E-state index in [1.54, 1.807) is 18.4 Å². The number of rotatable bonds is 6. The Balaban J connectivity index is 1.67. The van der Waals surface area contributed by atoms with Crippen LogP contribution in [-0.4, -0.2) is 23.6 Å². The Morgan fingerprint density at radius 2 is 2.03 bits per heavy atom. The van der Waals surface area contributed by atoms with Gasteiger partial charge in [0, 0.05) is 16.6 Å². The van der Waals surface area contributed by atoms with Crippen LogP contribution in [0, 0.1) is 12.7 Å². The number of aromatic nitrogens is 3. The van der Waals surface area contributed by atoms with E-state index in [1.165, 1.54) is 24.4 Å². The topological polar surface area (TPSA) is 107 Å². The van der Waals surface area contributed by atoms with Gasteiger partial charge in [0.25, 0.3) is 15.9 Å². The van der Waals surface area contributed by atoms with Crippen molar-refractivity contribution in [2.45, 2.75) is 11.8 Å². The summed E-state index contributed by atoms with van der Waals surface area (Å²) in [6.07, 6.45) is 2.60. The standard InChI is InChI=1S/C18H12ClFN4O4S2/c1-10-12(19)3-5-15(16(10)17-23-22-9-27-17)28-14-4-2-11(8-13(14)20)30(25,26)24-18-21-6-7-29-18/h2-9H,1H3,(H,21,24). The summed E-state index contributed by atoms with van der Waals surface area (Å²) in [4.78, 5) is 3.58. The highest BCUT2D eigenvalue weighted by molar-refractivity contribution is 7.93. The van der Waals surface area contributed by atoms with Crippen molar-refractivity contribution in [3.8, 4) is 23.0 Å². The van der Waals surface area contributed by atoms with Gasteiger partial charge in [0.15, 0.2) is 16.7 Å². The highest BCUT2D eigenvalue weighted by Crippen LogP contribution is 2.39. The first-order chi connectivity index (χ1) is 14.3. The maximum absolute atomic E-state index is 14.7. The molecule has 0 aliphatic carbocycles. The molecule has 0 saturated heterocycles. The highest BCUT2D eigenvalue weighted by Gasteiger charge is 2.21. The van der Waals surface area contributed by atoms with Gasteiger partial charge in [-0.05, 0) is 42.8 Å². The lowest BCUT2D eigenvalue weighted by molar-refractivity contribution is 0.439. The molecule has 30 heavy (non-hydrogen) atoms. The molecular formula is C18H12ClFN4O4S2. The molecule has 0 unspecified atom stereocenters. The van der Waals surface area contributed by atoms with Gasteiger partial charge in [-0.3, -0.25) is 4.72 Å². The quantitative estimate of drug-likeness (QED) is 0.431. The Labute approximate surface area is 179 Å². The first-order valence-electron chi connectivity index (χ1n) is 8.30. The van der Waals surface area contributed by atoms with Gasteiger partial charge in [0.05, 0.1) is 10.5 Å². The fourth-order valence-corrected chi connectivity index (χ4v) is 4.55. The van der Waals surface area contributed by atoms with Gasteiger partial charge in [-0.1, -0.05) is 11.6 Å². The summed E-state index contributed by atoms with van der Waals surface area (Å²) in [7, 11) is -4.00. The molecule has 0 saturated carbocycles. The summed E-state index contributed by atoms with van der Waals surface area (Å²) in [6, 6.07) is 6.42. The SMILES string of the molecule is Cc1c(Cl)ccc(Oc2ccc(S(=O)(=O)Nc3nccs3)cc2F)c1-c1nnco1. The van der Waals surface area contributed by atoms with E-state index in [4.69, 9.17) is 20.8 Å². The number of nitrogens with one attached hydrogen (secondary N) is 1. The lowest BCUT2D eigenvalue weighted by Gasteiger charge is -2.13. The number of sulfonamides is 1. The minimum absolute atomic E-state index is 0.150. The first kappa shape index (κ1) is 20.3. The average molecular weight is 467 g/mol. The molecule has 2 aromatic carbocycles. The van der Waals surface area contributed by atoms with Crippen LogP contribution in [0.2, 0.25) is 5.02 Å². The summed E-state index contributed by atoms with van der Waals surface area (Å²) in [5, 5.41) is 9.72. The van der Waals surface area contributed by atoms with E-state index < -0.39 is 15.8 Å². The van der Waals surface area contributed by atoms with Crippen LogP contribution in [0.25, 0.3) is 11.5 Å². The molecule has 4 aromatic rings. The normalized spacial score (nSPS) is 11.4. The monoisotopic (exact) mass is 466 g/mol. The van der Waals surface area contributed by atoms with Gasteiger partial charge < -0.3 is 9.15 Å². The van der Waals surface area contributed by atoms with Crippen LogP contribution in [0.4, 0.5) is 9.52 Å². The Bertz CT molecular complexity index is 1300. The number of nitrogens with zero attached hydrogens (tertiary/aromatic N) is 3. The molecule has 0 fully saturated rings. The van der Waals surface area contributed by atoms with Crippen molar-refractivity contribution in [1.82, 2.24) is 15.2 Å². The Kier molecular flexibility index (Phi) is 5.41. The van der Waals surface area contributed by atoms with Crippen LogP contribution in [-0.2, 0) is 10.0 Å². The Morgan fingerprint density at radius 3 is 2.70 bits per heavy atom. The van der Waals surface area contributed by atoms with E-state index in [1.807, 2.05) is 0 Å². The molecule has 154 valence electrons. The smallest absolute Gasteiger partial charge is 0.263 e. The van der Waals surface area contributed by atoms with Gasteiger partial charge in [0.1, 0.15) is 5.75 Å². The van der Waals surface area contributed by atoms with Gasteiger partial charge >= 0.3 is 0 Å². The maximum atomic E-state index is 14.7. The van der Waals surface area contributed by atoms with E-state index in [0.717, 1.165) is 23.8 Å². The lowest BCUT2D eigenvalue weighted by atomic mass is 10.1. The summed E-state index contributed by atoms with van der Waals surface area (Å²) in [5.74, 6) is -0.694. The Morgan fingerprint density at radius 1 is 1.23 bits per heavy atom. The molecule has 2 aromatic heterocycles. The van der Waals surface area contributed by atoms with Crippen LogP contribution < -0.4 is 9.46 Å². The second-order valence-electron chi connectivity index (χ2n) is 5.93. The molecule has 0 spiro atoms. The minimum Gasteiger partial charge on any atom is -0.453 e. The first-order valence-corrected chi connectivity index (χ1v) is 11.0. The molecule has 0 aliphatic rings. The summed E-state index contributed by atoms with van der Waals surface area (Å²) < 4.78 is 52.7. The molecular weight excluding hydrogens is 455 g/mol. The van der Waals surface area contributed by atoms with E-state index in [9.17, 15) is 12.8 Å². The third kappa shape index (κ3) is 3.99. The lowest BCUT2D eigenvalue weighted by Crippen LogP contribution is -2.13. The molecule has 0 radical (unpaired) electrons. The van der Waals surface area contributed by atoms with E-state index in [2.05, 4.69) is 19.9 Å². The van der Waals surface area contributed by atoms with Gasteiger partial charge in [-0.25, -0.2) is 17.8 Å². The summed E-state index contributed by atoms with van der Waals surface area (Å²) >= 11 is 7.27. The van der Waals surface area contributed by atoms with Crippen molar-refractivity contribution in [1.29, 1.82) is 0 Å². The van der Waals surface area contributed by atoms with Crippen LogP contribution in [0.3, 0.4) is 0 Å². The second-order valence-corrected chi connectivity index (χ2v) is 8.91. The molecule has 0 bridgehead atoms. The average Bonchev–Trinajstić information content (AvgIpc) is 3.40. The number of hydrogen-bond acceptors (Lipinski definition) is 8. The van der Waals surface area contributed by atoms with Crippen molar-refractivity contribution in [2.75, 3.05) is 4.72 Å². The van der Waals surface area contributed by atoms with E-state index in [0.29, 0.717) is 16.1 Å². The van der Waals surface area contributed by atoms with Gasteiger partial charge in [-0.15, -0.1) is 21.5 Å². The third-order valence-corrected chi connectivity index (χ3v) is 6.59. The van der Waals surface area contributed by atoms with Crippen molar-refractivity contribution in [3.63, 3.8) is 0 Å². The van der Waals surface area contributed by atoms with Crippen molar-refractivity contribution in [2.24, 2.45) is 0 Å². The molecule has 0 aliphatic heterocycles. The zero-order valence-electron chi connectivity index (χ0n) is 15.2. The number of ether oxygens (including phenoxy) is 1. The second kappa shape index (κ2) is 8.01. The highest BCUT2D eigenvalue weighted by atomic mass is 35.5. The molecule has 8 nitrogen and oxygen atoms in total. The summed E-state index contributed by atoms with van der Waals surface area (Å²) in [5.41, 5.74) is 1.01. The number of halogens is 2. The largest absolute Gasteiger partial charge is 0.453 e. The number of benzene rings is 2. The predicted molar refractivity (Wildman–Crippen MR) is 109 cm³/mol. The van der Waals surface area contributed by atoms with Crippen LogP contribution in [0.1, 0.15) is 5.56 Å². The van der Waals surface area contributed by atoms with E-state index >= 15 is 0 Å². The Hall–Kier alpha value is -3.02. The van der Waals surface area contributed by atoms with Gasteiger partial charge in [0.2, 0.25) is 6.39 Å². The molecule has 2 heterocycles. The number of thiazole rings is 1. The van der Waals surface area contributed by atoms with Crippen LogP contribution in [0.15, 0.2) is 57.6 Å². The zero-order chi connectivity index (χ0) is 21.3. The fraction of sp³-hybridized carbons (Fsp3) is 0.0556. The van der Waals surface area contributed by atoms with Crippen LogP contribution in [0.5, 0.6) is 11.5 Å². The summed E-state index contributed by atoms with van der Waals surface area (Å²) in [6.45, 7) is 1.73. The van der Waals surface area contributed by atoms with Crippen molar-refractivity contribution >= 4 is 38.1 Å². The van der Waals surface area contributed by atoms with Crippen molar-refractivity contribution < 1.29 is 22.0 Å². The van der Waals surface area contributed by atoms with Gasteiger partial charge in [-0.2, -0.15) is 0 Å².